The number of pyridine rings is 1. The molecular weight excluding hydrogens is 204 g/mol. The molecule has 0 saturated heterocycles. The fourth-order valence-corrected chi connectivity index (χ4v) is 1.63. The second-order valence-corrected chi connectivity index (χ2v) is 3.50. The Labute approximate surface area is 93.8 Å². The Bertz CT molecular complexity index is 467. The minimum absolute atomic E-state index is 0.103. The van der Waals surface area contributed by atoms with E-state index in [1.54, 1.807) is 12.5 Å². The molecule has 0 aliphatic heterocycles. The van der Waals surface area contributed by atoms with E-state index in [0.29, 0.717) is 12.4 Å². The van der Waals surface area contributed by atoms with Crippen molar-refractivity contribution in [3.05, 3.63) is 41.7 Å². The summed E-state index contributed by atoms with van der Waals surface area (Å²) in [6, 6.07) is 3.99. The normalized spacial score (nSPS) is 10.6. The lowest BCUT2D eigenvalue weighted by molar-refractivity contribution is 0.265. The topological polar surface area (TPSA) is 63.8 Å². The molecule has 0 radical (unpaired) electrons. The summed E-state index contributed by atoms with van der Waals surface area (Å²) in [5, 5.41) is 16.7. The molecule has 0 fully saturated rings. The van der Waals surface area contributed by atoms with Crippen LogP contribution in [0, 0.1) is 0 Å². The molecular formula is C11H14N4O. The summed E-state index contributed by atoms with van der Waals surface area (Å²) >= 11 is 0. The zero-order chi connectivity index (χ0) is 11.4. The van der Waals surface area contributed by atoms with Gasteiger partial charge in [-0.15, -0.1) is 10.2 Å². The lowest BCUT2D eigenvalue weighted by atomic mass is 10.1. The van der Waals surface area contributed by atoms with Gasteiger partial charge in [0.25, 0.3) is 0 Å². The van der Waals surface area contributed by atoms with E-state index in [4.69, 9.17) is 5.11 Å². The largest absolute Gasteiger partial charge is 0.388 e. The van der Waals surface area contributed by atoms with Crippen molar-refractivity contribution in [1.82, 2.24) is 19.7 Å². The van der Waals surface area contributed by atoms with Gasteiger partial charge in [-0.2, -0.15) is 0 Å². The first kappa shape index (κ1) is 10.8. The number of aliphatic hydroxyl groups is 1. The molecule has 2 aromatic heterocycles. The Morgan fingerprint density at radius 3 is 3.06 bits per heavy atom. The van der Waals surface area contributed by atoms with Crippen LogP contribution < -0.4 is 0 Å². The third-order valence-corrected chi connectivity index (χ3v) is 2.52. The van der Waals surface area contributed by atoms with Crippen molar-refractivity contribution in [3.8, 4) is 0 Å². The van der Waals surface area contributed by atoms with Gasteiger partial charge >= 0.3 is 0 Å². The van der Waals surface area contributed by atoms with Gasteiger partial charge in [0.2, 0.25) is 0 Å². The molecule has 0 amide bonds. The van der Waals surface area contributed by atoms with E-state index in [1.165, 1.54) is 5.56 Å². The van der Waals surface area contributed by atoms with Crippen LogP contribution in [0.4, 0.5) is 0 Å². The molecule has 5 nitrogen and oxygen atoms in total. The number of hydrogen-bond donors (Lipinski definition) is 1. The Morgan fingerprint density at radius 1 is 1.44 bits per heavy atom. The third kappa shape index (κ3) is 2.09. The van der Waals surface area contributed by atoms with Gasteiger partial charge in [-0.1, -0.05) is 13.0 Å². The summed E-state index contributed by atoms with van der Waals surface area (Å²) < 4.78 is 1.81. The first-order valence-electron chi connectivity index (χ1n) is 5.25. The van der Waals surface area contributed by atoms with Crippen LogP contribution in [0.15, 0.2) is 24.7 Å². The van der Waals surface area contributed by atoms with Gasteiger partial charge in [0.15, 0.2) is 5.82 Å². The highest BCUT2D eigenvalue weighted by Crippen LogP contribution is 2.09. The van der Waals surface area contributed by atoms with Gasteiger partial charge in [-0.25, -0.2) is 0 Å². The van der Waals surface area contributed by atoms with Crippen LogP contribution in [-0.4, -0.2) is 24.9 Å². The van der Waals surface area contributed by atoms with Crippen LogP contribution in [0.25, 0.3) is 0 Å². The maximum absolute atomic E-state index is 9.07. The van der Waals surface area contributed by atoms with Crippen molar-refractivity contribution in [1.29, 1.82) is 0 Å². The summed E-state index contributed by atoms with van der Waals surface area (Å²) in [5.41, 5.74) is 2.21. The summed E-state index contributed by atoms with van der Waals surface area (Å²) in [7, 11) is 0. The van der Waals surface area contributed by atoms with E-state index in [9.17, 15) is 0 Å². The van der Waals surface area contributed by atoms with Gasteiger partial charge in [0.05, 0.1) is 12.2 Å². The van der Waals surface area contributed by atoms with Crippen molar-refractivity contribution in [2.45, 2.75) is 26.5 Å². The molecule has 0 spiro atoms. The minimum Gasteiger partial charge on any atom is -0.388 e. The summed E-state index contributed by atoms with van der Waals surface area (Å²) in [6.45, 7) is 2.60. The van der Waals surface area contributed by atoms with Crippen molar-refractivity contribution >= 4 is 0 Å². The van der Waals surface area contributed by atoms with E-state index in [1.807, 2.05) is 10.6 Å². The average Bonchev–Trinajstić information content (AvgIpc) is 2.77. The van der Waals surface area contributed by atoms with Crippen LogP contribution in [0.1, 0.15) is 24.0 Å². The van der Waals surface area contributed by atoms with E-state index in [-0.39, 0.29) is 6.61 Å². The van der Waals surface area contributed by atoms with E-state index >= 15 is 0 Å². The molecule has 5 heteroatoms. The van der Waals surface area contributed by atoms with Crippen molar-refractivity contribution in [2.24, 2.45) is 0 Å². The maximum Gasteiger partial charge on any atom is 0.158 e. The fourth-order valence-electron chi connectivity index (χ4n) is 1.63. The van der Waals surface area contributed by atoms with E-state index in [2.05, 4.69) is 28.2 Å². The van der Waals surface area contributed by atoms with E-state index < -0.39 is 0 Å². The molecule has 0 aliphatic rings. The number of aromatic nitrogens is 4. The predicted molar refractivity (Wildman–Crippen MR) is 58.7 cm³/mol. The summed E-state index contributed by atoms with van der Waals surface area (Å²) in [4.78, 5) is 4.34. The van der Waals surface area contributed by atoms with Crippen LogP contribution >= 0.6 is 0 Å². The first-order chi connectivity index (χ1) is 7.85. The standard InChI is InChI=1S/C11H14N4O/c1-2-9-4-3-5-12-10(9)6-15-8-13-14-11(15)7-16/h3-5,8,16H,2,6-7H2,1H3. The van der Waals surface area contributed by atoms with Gasteiger partial charge in [-0.3, -0.25) is 4.98 Å². The Kier molecular flexibility index (Phi) is 3.26. The lowest BCUT2D eigenvalue weighted by Crippen LogP contribution is -2.07. The molecule has 1 N–H and O–H groups in total. The highest BCUT2D eigenvalue weighted by Gasteiger charge is 2.06. The molecule has 2 rings (SSSR count). The molecule has 2 heterocycles. The second-order valence-electron chi connectivity index (χ2n) is 3.50. The smallest absolute Gasteiger partial charge is 0.158 e. The van der Waals surface area contributed by atoms with Gasteiger partial charge in [0.1, 0.15) is 12.9 Å². The third-order valence-electron chi connectivity index (χ3n) is 2.52. The predicted octanol–water partition coefficient (Wildman–Crippen LogP) is 0.776. The molecule has 0 aromatic carbocycles. The van der Waals surface area contributed by atoms with Crippen molar-refractivity contribution in [3.63, 3.8) is 0 Å². The number of aliphatic hydroxyl groups excluding tert-OH is 1. The number of nitrogens with zero attached hydrogens (tertiary/aromatic N) is 4. The quantitative estimate of drug-likeness (QED) is 0.823. The number of aryl methyl sites for hydroxylation is 1. The summed E-state index contributed by atoms with van der Waals surface area (Å²) in [5.74, 6) is 0.563. The van der Waals surface area contributed by atoms with Crippen LogP contribution in [0.3, 0.4) is 0 Å². The molecule has 2 aromatic rings. The average molecular weight is 218 g/mol. The Balaban J connectivity index is 2.26. The molecule has 0 bridgehead atoms. The SMILES string of the molecule is CCc1cccnc1Cn1cnnc1CO. The van der Waals surface area contributed by atoms with Crippen molar-refractivity contribution in [2.75, 3.05) is 0 Å². The van der Waals surface area contributed by atoms with Crippen molar-refractivity contribution < 1.29 is 5.11 Å². The monoisotopic (exact) mass is 218 g/mol. The van der Waals surface area contributed by atoms with Crippen LogP contribution in [-0.2, 0) is 19.6 Å². The highest BCUT2D eigenvalue weighted by molar-refractivity contribution is 5.20. The molecule has 16 heavy (non-hydrogen) atoms. The zero-order valence-corrected chi connectivity index (χ0v) is 9.17. The molecule has 84 valence electrons. The lowest BCUT2D eigenvalue weighted by Gasteiger charge is -2.08. The molecule has 0 atom stereocenters. The van der Waals surface area contributed by atoms with Crippen LogP contribution in [0.2, 0.25) is 0 Å². The highest BCUT2D eigenvalue weighted by atomic mass is 16.3. The van der Waals surface area contributed by atoms with E-state index in [0.717, 1.165) is 12.1 Å². The number of hydrogen-bond acceptors (Lipinski definition) is 4. The molecule has 0 saturated carbocycles. The zero-order valence-electron chi connectivity index (χ0n) is 9.17. The minimum atomic E-state index is -0.103. The Morgan fingerprint density at radius 2 is 2.31 bits per heavy atom. The first-order valence-corrected chi connectivity index (χ1v) is 5.25. The molecule has 0 unspecified atom stereocenters. The van der Waals surface area contributed by atoms with Crippen LogP contribution in [0.5, 0.6) is 0 Å². The van der Waals surface area contributed by atoms with Gasteiger partial charge in [0, 0.05) is 6.20 Å². The maximum atomic E-state index is 9.07. The van der Waals surface area contributed by atoms with Gasteiger partial charge in [-0.05, 0) is 18.1 Å². The molecule has 0 aliphatic carbocycles. The Hall–Kier alpha value is -1.75. The second kappa shape index (κ2) is 4.85. The van der Waals surface area contributed by atoms with Gasteiger partial charge < -0.3 is 9.67 Å². The summed E-state index contributed by atoms with van der Waals surface area (Å²) in [6.07, 6.45) is 4.33. The fraction of sp³-hybridized carbons (Fsp3) is 0.364. The number of rotatable bonds is 4.